The molecule has 5 saturated carbocycles. The Kier molecular flexibility index (Phi) is 8.47. The van der Waals surface area contributed by atoms with Gasteiger partial charge in [-0.05, 0) is 117 Å². The predicted molar refractivity (Wildman–Crippen MR) is 167 cm³/mol. The van der Waals surface area contributed by atoms with Crippen molar-refractivity contribution in [1.82, 2.24) is 0 Å². The lowest BCUT2D eigenvalue weighted by molar-refractivity contribution is -0.252. The zero-order chi connectivity index (χ0) is 31.6. The maximum atomic E-state index is 12.7. The molecular weight excluding hydrogens is 540 g/mol. The molecule has 6 nitrogen and oxygen atoms in total. The highest BCUT2D eigenvalue weighted by Gasteiger charge is 2.71. The first-order chi connectivity index (χ1) is 20.1. The third-order valence-electron chi connectivity index (χ3n) is 14.8. The van der Waals surface area contributed by atoms with Gasteiger partial charge >= 0.3 is 17.9 Å². The third-order valence-corrected chi connectivity index (χ3v) is 14.8. The maximum Gasteiger partial charge on any atom is 0.306 e. The van der Waals surface area contributed by atoms with Gasteiger partial charge in [-0.3, -0.25) is 14.4 Å². The van der Waals surface area contributed by atoms with Crippen molar-refractivity contribution >= 4 is 17.9 Å². The Hall–Kier alpha value is -1.85. The Morgan fingerprint density at radius 2 is 1.47 bits per heavy atom. The molecule has 43 heavy (non-hydrogen) atoms. The van der Waals surface area contributed by atoms with E-state index in [1.54, 1.807) is 6.92 Å². The first kappa shape index (κ1) is 32.5. The molecule has 5 fully saturated rings. The van der Waals surface area contributed by atoms with Gasteiger partial charge in [0.05, 0.1) is 26.6 Å². The smallest absolute Gasteiger partial charge is 0.306 e. The van der Waals surface area contributed by atoms with Gasteiger partial charge in [0.1, 0.15) is 6.10 Å². The maximum absolute atomic E-state index is 12.7. The summed E-state index contributed by atoms with van der Waals surface area (Å²) < 4.78 is 16.6. The molecule has 0 spiro atoms. The molecule has 242 valence electrons. The van der Waals surface area contributed by atoms with Gasteiger partial charge < -0.3 is 14.2 Å². The number of fused-ring (bicyclic) bond motifs is 7. The molecule has 0 radical (unpaired) electrons. The molecule has 0 unspecified atom stereocenters. The van der Waals surface area contributed by atoms with Crippen LogP contribution >= 0.6 is 0 Å². The second kappa shape index (κ2) is 11.2. The molecule has 0 saturated heterocycles. The Bertz CT molecular complexity index is 1140. The van der Waals surface area contributed by atoms with Crippen molar-refractivity contribution in [2.45, 2.75) is 132 Å². The lowest BCUT2D eigenvalue weighted by atomic mass is 9.32. The number of rotatable bonds is 7. The van der Waals surface area contributed by atoms with Crippen molar-refractivity contribution < 1.29 is 28.6 Å². The first-order valence-corrected chi connectivity index (χ1v) is 17.1. The average molecular weight is 599 g/mol. The molecular formula is C37H58O6. The number of ether oxygens (including phenoxy) is 3. The van der Waals surface area contributed by atoms with E-state index in [1.165, 1.54) is 44.8 Å². The monoisotopic (exact) mass is 598 g/mol. The molecule has 0 N–H and O–H groups in total. The number of carbonyl (C=O) groups excluding carboxylic acids is 3. The standard InChI is InChI=1S/C37H58O6/c1-23(2)25-14-19-37(22-42-24(3)38)21-20-35(7)26(32(25)37)10-11-28-34(6)17-16-29(43-31(40)13-12-30(39)41-9)33(4,5)27(34)15-18-36(28,35)8/h25-29,32H,1,10-22H2,2-9H3/t25-,26+,27-,28-,29-,32-,34-,35+,36+,37-/m0/s1. The predicted octanol–water partition coefficient (Wildman–Crippen LogP) is 8.07. The molecule has 6 heteroatoms. The van der Waals surface area contributed by atoms with Crippen LogP contribution in [0.4, 0.5) is 0 Å². The lowest BCUT2D eigenvalue weighted by Crippen LogP contribution is -2.67. The Balaban J connectivity index is 1.40. The van der Waals surface area contributed by atoms with E-state index in [-0.39, 0.29) is 63.9 Å². The van der Waals surface area contributed by atoms with Crippen molar-refractivity contribution in [2.75, 3.05) is 13.7 Å². The summed E-state index contributed by atoms with van der Waals surface area (Å²) in [4.78, 5) is 36.3. The van der Waals surface area contributed by atoms with E-state index in [2.05, 4.69) is 48.1 Å². The normalized spacial score (nSPS) is 44.6. The van der Waals surface area contributed by atoms with Crippen molar-refractivity contribution in [2.24, 2.45) is 56.7 Å². The minimum Gasteiger partial charge on any atom is -0.469 e. The summed E-state index contributed by atoms with van der Waals surface area (Å²) in [5.41, 5.74) is 1.92. The first-order valence-electron chi connectivity index (χ1n) is 17.1. The minimum atomic E-state index is -0.374. The number of hydrogen-bond donors (Lipinski definition) is 0. The van der Waals surface area contributed by atoms with Crippen molar-refractivity contribution in [3.63, 3.8) is 0 Å². The number of allylic oxidation sites excluding steroid dienone is 1. The largest absolute Gasteiger partial charge is 0.469 e. The van der Waals surface area contributed by atoms with Crippen molar-refractivity contribution in [3.05, 3.63) is 12.2 Å². The van der Waals surface area contributed by atoms with E-state index in [0.717, 1.165) is 32.1 Å². The minimum absolute atomic E-state index is 0.0686. The molecule has 0 aromatic carbocycles. The number of carbonyl (C=O) groups is 3. The van der Waals surface area contributed by atoms with Gasteiger partial charge in [0, 0.05) is 17.8 Å². The molecule has 0 aromatic rings. The van der Waals surface area contributed by atoms with Crippen molar-refractivity contribution in [3.8, 4) is 0 Å². The fourth-order valence-electron chi connectivity index (χ4n) is 12.5. The molecule has 5 aliphatic carbocycles. The summed E-state index contributed by atoms with van der Waals surface area (Å²) in [5, 5.41) is 0. The van der Waals surface area contributed by atoms with Gasteiger partial charge in [-0.15, -0.1) is 0 Å². The molecule has 0 heterocycles. The second-order valence-corrected chi connectivity index (χ2v) is 16.7. The van der Waals surface area contributed by atoms with Gasteiger partial charge in [0.25, 0.3) is 0 Å². The summed E-state index contributed by atoms with van der Waals surface area (Å²) in [7, 11) is 1.35. The molecule has 0 aromatic heterocycles. The van der Waals surface area contributed by atoms with Crippen LogP contribution in [-0.2, 0) is 28.6 Å². The van der Waals surface area contributed by atoms with Crippen LogP contribution in [0.1, 0.15) is 126 Å². The van der Waals surface area contributed by atoms with E-state index >= 15 is 0 Å². The van der Waals surface area contributed by atoms with Crippen LogP contribution in [0.25, 0.3) is 0 Å². The summed E-state index contributed by atoms with van der Waals surface area (Å²) >= 11 is 0. The van der Waals surface area contributed by atoms with Crippen LogP contribution in [0.15, 0.2) is 12.2 Å². The molecule has 10 atom stereocenters. The molecule has 0 amide bonds. The van der Waals surface area contributed by atoms with E-state index in [4.69, 9.17) is 14.2 Å². The third kappa shape index (κ3) is 5.00. The van der Waals surface area contributed by atoms with E-state index in [9.17, 15) is 14.4 Å². The summed E-state index contributed by atoms with van der Waals surface area (Å²) in [6, 6.07) is 0. The topological polar surface area (TPSA) is 78.9 Å². The quantitative estimate of drug-likeness (QED) is 0.168. The number of hydrogen-bond acceptors (Lipinski definition) is 6. The SMILES string of the molecule is C=C(C)[C@@H]1CC[C@@]2(COC(C)=O)CC[C@]3(C)[C@H](CC[C@H]4[C@@]5(C)CC[C@H](OC(=O)CCC(=O)OC)C(C)(C)[C@@H]5CC[C@]43C)[C@H]12. The van der Waals surface area contributed by atoms with Gasteiger partial charge in [-0.2, -0.15) is 0 Å². The molecule has 0 bridgehead atoms. The number of esters is 3. The summed E-state index contributed by atoms with van der Waals surface area (Å²) in [6.45, 7) is 21.3. The van der Waals surface area contributed by atoms with E-state index < -0.39 is 0 Å². The van der Waals surface area contributed by atoms with E-state index in [1.807, 2.05) is 0 Å². The van der Waals surface area contributed by atoms with Gasteiger partial charge in [0.15, 0.2) is 0 Å². The lowest BCUT2D eigenvalue weighted by Gasteiger charge is -2.73. The highest BCUT2D eigenvalue weighted by molar-refractivity contribution is 5.77. The highest BCUT2D eigenvalue weighted by Crippen LogP contribution is 2.77. The molecule has 5 aliphatic rings. The van der Waals surface area contributed by atoms with Crippen LogP contribution in [0, 0.1) is 56.7 Å². The van der Waals surface area contributed by atoms with Gasteiger partial charge in [-0.25, -0.2) is 0 Å². The van der Waals surface area contributed by atoms with Crippen molar-refractivity contribution in [1.29, 1.82) is 0 Å². The Morgan fingerprint density at radius 3 is 2.12 bits per heavy atom. The molecule has 0 aliphatic heterocycles. The Labute approximate surface area is 260 Å². The zero-order valence-corrected chi connectivity index (χ0v) is 28.3. The van der Waals surface area contributed by atoms with Crippen LogP contribution in [-0.4, -0.2) is 37.7 Å². The highest BCUT2D eigenvalue weighted by atomic mass is 16.5. The Morgan fingerprint density at radius 1 is 0.767 bits per heavy atom. The van der Waals surface area contributed by atoms with E-state index in [0.29, 0.717) is 36.2 Å². The summed E-state index contributed by atoms with van der Waals surface area (Å²) in [5.74, 6) is 1.94. The zero-order valence-electron chi connectivity index (χ0n) is 28.3. The fourth-order valence-corrected chi connectivity index (χ4v) is 12.5. The summed E-state index contributed by atoms with van der Waals surface area (Å²) in [6.07, 6.45) is 11.5. The van der Waals surface area contributed by atoms with Gasteiger partial charge in [0.2, 0.25) is 0 Å². The van der Waals surface area contributed by atoms with Crippen LogP contribution < -0.4 is 0 Å². The van der Waals surface area contributed by atoms with Crippen LogP contribution in [0.3, 0.4) is 0 Å². The van der Waals surface area contributed by atoms with Gasteiger partial charge in [-0.1, -0.05) is 46.8 Å². The average Bonchev–Trinajstić information content (AvgIpc) is 3.33. The molecule has 5 rings (SSSR count). The second-order valence-electron chi connectivity index (χ2n) is 16.7. The van der Waals surface area contributed by atoms with Crippen LogP contribution in [0.5, 0.6) is 0 Å². The number of methoxy groups -OCH3 is 1. The van der Waals surface area contributed by atoms with Crippen LogP contribution in [0.2, 0.25) is 0 Å². The fraction of sp³-hybridized carbons (Fsp3) is 0.865.